The van der Waals surface area contributed by atoms with E-state index in [-0.39, 0.29) is 6.04 Å². The van der Waals surface area contributed by atoms with Crippen molar-refractivity contribution in [3.8, 4) is 0 Å². The zero-order chi connectivity index (χ0) is 33.1. The number of likely N-dealkylation sites (tertiary alicyclic amines) is 2. The van der Waals surface area contributed by atoms with Crippen LogP contribution in [0.4, 0.5) is 0 Å². The van der Waals surface area contributed by atoms with Gasteiger partial charge in [-0.05, 0) is 129 Å². The average molecular weight is 647 g/mol. The molecule has 0 saturated carbocycles. The van der Waals surface area contributed by atoms with E-state index in [0.717, 1.165) is 6.42 Å². The van der Waals surface area contributed by atoms with Crippen LogP contribution < -0.4 is 0 Å². The molecule has 0 spiro atoms. The van der Waals surface area contributed by atoms with Crippen molar-refractivity contribution in [3.63, 3.8) is 0 Å². The molecule has 5 aromatic rings. The third-order valence-corrected chi connectivity index (χ3v) is 11.2. The van der Waals surface area contributed by atoms with Crippen molar-refractivity contribution in [1.29, 1.82) is 0 Å². The van der Waals surface area contributed by atoms with Crippen LogP contribution in [-0.4, -0.2) is 42.5 Å². The molecule has 0 radical (unpaired) electrons. The Morgan fingerprint density at radius 3 is 1.78 bits per heavy atom. The number of piperidine rings is 2. The molecule has 5 aromatic carbocycles. The third-order valence-electron chi connectivity index (χ3n) is 11.2. The Kier molecular flexibility index (Phi) is 11.7. The van der Waals surface area contributed by atoms with Gasteiger partial charge in [-0.3, -0.25) is 4.90 Å². The standard InChI is InChI=1S/C47H54N2/c1-5-17-38(18-6-1)19-11-14-30-48-33-28-42(29-34-48)46(41-23-9-3-10-24-41)43-25-16-27-45(37-43)47(49-31-12-4-13-32-49)44-26-15-22-40(36-44)35-39-20-7-2-8-21-39/h1-3,5-10,15-18,20-27,36-37,42,46-47H,4,11-14,19,28-35H2. The van der Waals surface area contributed by atoms with Crippen LogP contribution in [0.2, 0.25) is 0 Å². The number of benzene rings is 5. The summed E-state index contributed by atoms with van der Waals surface area (Å²) in [6, 6.07) is 52.8. The molecule has 0 amide bonds. The van der Waals surface area contributed by atoms with Gasteiger partial charge in [0.05, 0.1) is 6.04 Å². The lowest BCUT2D eigenvalue weighted by Gasteiger charge is -2.38. The molecule has 252 valence electrons. The number of nitrogens with zero attached hydrogens (tertiary/aromatic N) is 2. The monoisotopic (exact) mass is 646 g/mol. The topological polar surface area (TPSA) is 6.48 Å². The summed E-state index contributed by atoms with van der Waals surface area (Å²) in [6.45, 7) is 5.99. The van der Waals surface area contributed by atoms with Crippen LogP contribution in [0, 0.1) is 5.92 Å². The SMILES string of the molecule is c1ccc(CCCCN2CCC(C(c3ccccc3)c3cccc(C(c4cccc(Cc5ccccc5)c4)N4CCCCC4)c3)CC2)cc1. The maximum atomic E-state index is 2.76. The molecule has 0 aromatic heterocycles. The van der Waals surface area contributed by atoms with Crippen LogP contribution in [0.5, 0.6) is 0 Å². The zero-order valence-electron chi connectivity index (χ0n) is 29.3. The molecule has 0 bridgehead atoms. The predicted molar refractivity (Wildman–Crippen MR) is 206 cm³/mol. The van der Waals surface area contributed by atoms with Gasteiger partial charge in [0.25, 0.3) is 0 Å². The molecule has 2 unspecified atom stereocenters. The maximum Gasteiger partial charge on any atom is 0.0602 e. The molecular weight excluding hydrogens is 593 g/mol. The van der Waals surface area contributed by atoms with E-state index in [0.29, 0.717) is 11.8 Å². The second-order valence-electron chi connectivity index (χ2n) is 14.6. The van der Waals surface area contributed by atoms with Crippen molar-refractivity contribution < 1.29 is 0 Å². The van der Waals surface area contributed by atoms with Crippen molar-refractivity contribution >= 4 is 0 Å². The van der Waals surface area contributed by atoms with E-state index in [1.807, 2.05) is 0 Å². The molecule has 0 aliphatic carbocycles. The van der Waals surface area contributed by atoms with E-state index < -0.39 is 0 Å². The fraction of sp³-hybridized carbons (Fsp3) is 0.362. The quantitative estimate of drug-likeness (QED) is 0.117. The first kappa shape index (κ1) is 33.5. The smallest absolute Gasteiger partial charge is 0.0602 e. The molecule has 2 heteroatoms. The summed E-state index contributed by atoms with van der Waals surface area (Å²) in [5.74, 6) is 1.08. The summed E-state index contributed by atoms with van der Waals surface area (Å²) < 4.78 is 0. The first-order valence-corrected chi connectivity index (χ1v) is 19.1. The minimum atomic E-state index is 0.283. The molecule has 2 fully saturated rings. The summed E-state index contributed by atoms with van der Waals surface area (Å²) in [4.78, 5) is 5.49. The number of unbranched alkanes of at least 4 members (excludes halogenated alkanes) is 1. The number of hydrogen-bond donors (Lipinski definition) is 0. The van der Waals surface area contributed by atoms with Crippen molar-refractivity contribution in [2.45, 2.75) is 69.7 Å². The van der Waals surface area contributed by atoms with E-state index >= 15 is 0 Å². The second-order valence-corrected chi connectivity index (χ2v) is 14.6. The van der Waals surface area contributed by atoms with Crippen LogP contribution in [0.15, 0.2) is 140 Å². The van der Waals surface area contributed by atoms with E-state index in [2.05, 4.69) is 149 Å². The summed E-state index contributed by atoms with van der Waals surface area (Å²) in [7, 11) is 0. The van der Waals surface area contributed by atoms with Gasteiger partial charge in [-0.2, -0.15) is 0 Å². The van der Waals surface area contributed by atoms with Gasteiger partial charge in [0.15, 0.2) is 0 Å². The largest absolute Gasteiger partial charge is 0.303 e. The van der Waals surface area contributed by atoms with Crippen LogP contribution in [-0.2, 0) is 12.8 Å². The minimum absolute atomic E-state index is 0.283. The summed E-state index contributed by atoms with van der Waals surface area (Å²) in [5, 5.41) is 0. The number of hydrogen-bond acceptors (Lipinski definition) is 2. The van der Waals surface area contributed by atoms with Crippen LogP contribution in [0.1, 0.15) is 95.8 Å². The molecule has 2 aliphatic heterocycles. The first-order valence-electron chi connectivity index (χ1n) is 19.1. The van der Waals surface area contributed by atoms with Gasteiger partial charge in [-0.25, -0.2) is 0 Å². The lowest BCUT2D eigenvalue weighted by molar-refractivity contribution is 0.172. The molecule has 2 nitrogen and oxygen atoms in total. The normalized spacial score (nSPS) is 17.5. The predicted octanol–water partition coefficient (Wildman–Crippen LogP) is 10.7. The van der Waals surface area contributed by atoms with Gasteiger partial charge in [0.2, 0.25) is 0 Å². The summed E-state index contributed by atoms with van der Waals surface area (Å²) in [5.41, 5.74) is 10.1. The van der Waals surface area contributed by atoms with Gasteiger partial charge in [0.1, 0.15) is 0 Å². The molecule has 2 saturated heterocycles. The van der Waals surface area contributed by atoms with Gasteiger partial charge >= 0.3 is 0 Å². The fourth-order valence-electron chi connectivity index (χ4n) is 8.63. The molecule has 7 rings (SSSR count). The molecule has 2 heterocycles. The van der Waals surface area contributed by atoms with E-state index in [1.54, 1.807) is 0 Å². The van der Waals surface area contributed by atoms with Gasteiger partial charge in [-0.15, -0.1) is 0 Å². The van der Waals surface area contributed by atoms with E-state index in [9.17, 15) is 0 Å². The molecular formula is C47H54N2. The van der Waals surface area contributed by atoms with Crippen LogP contribution >= 0.6 is 0 Å². The molecule has 2 aliphatic rings. The minimum Gasteiger partial charge on any atom is -0.303 e. The molecule has 0 N–H and O–H groups in total. The van der Waals surface area contributed by atoms with Crippen molar-refractivity contribution in [3.05, 3.63) is 178 Å². The number of rotatable bonds is 13. The van der Waals surface area contributed by atoms with Gasteiger partial charge in [-0.1, -0.05) is 146 Å². The van der Waals surface area contributed by atoms with Crippen molar-refractivity contribution in [1.82, 2.24) is 9.80 Å². The Morgan fingerprint density at radius 2 is 1.06 bits per heavy atom. The Labute approximate surface area is 295 Å². The Hall–Kier alpha value is -3.98. The van der Waals surface area contributed by atoms with E-state index in [1.165, 1.54) is 123 Å². The fourth-order valence-corrected chi connectivity index (χ4v) is 8.63. The van der Waals surface area contributed by atoms with Gasteiger partial charge < -0.3 is 4.90 Å². The number of aryl methyl sites for hydroxylation is 1. The Balaban J connectivity index is 1.10. The zero-order valence-corrected chi connectivity index (χ0v) is 29.3. The third kappa shape index (κ3) is 8.98. The van der Waals surface area contributed by atoms with Crippen LogP contribution in [0.3, 0.4) is 0 Å². The van der Waals surface area contributed by atoms with Crippen molar-refractivity contribution in [2.75, 3.05) is 32.7 Å². The molecule has 49 heavy (non-hydrogen) atoms. The lowest BCUT2D eigenvalue weighted by Crippen LogP contribution is -2.36. The highest BCUT2D eigenvalue weighted by Gasteiger charge is 2.30. The first-order chi connectivity index (χ1) is 24.3. The highest BCUT2D eigenvalue weighted by atomic mass is 15.2. The maximum absolute atomic E-state index is 2.76. The highest BCUT2D eigenvalue weighted by molar-refractivity contribution is 5.41. The summed E-state index contributed by atoms with van der Waals surface area (Å²) in [6.07, 6.45) is 11.2. The Bertz CT molecular complexity index is 1680. The Morgan fingerprint density at radius 1 is 0.490 bits per heavy atom. The average Bonchev–Trinajstić information content (AvgIpc) is 3.16. The highest BCUT2D eigenvalue weighted by Crippen LogP contribution is 2.40. The molecule has 2 atom stereocenters. The van der Waals surface area contributed by atoms with Crippen LogP contribution in [0.25, 0.3) is 0 Å². The lowest BCUT2D eigenvalue weighted by atomic mass is 9.75. The summed E-state index contributed by atoms with van der Waals surface area (Å²) >= 11 is 0. The second kappa shape index (κ2) is 17.1. The van der Waals surface area contributed by atoms with E-state index in [4.69, 9.17) is 0 Å². The van der Waals surface area contributed by atoms with Crippen molar-refractivity contribution in [2.24, 2.45) is 5.92 Å². The van der Waals surface area contributed by atoms with Gasteiger partial charge in [0, 0.05) is 5.92 Å².